The van der Waals surface area contributed by atoms with E-state index in [1.54, 1.807) is 30.5 Å². The van der Waals surface area contributed by atoms with E-state index in [2.05, 4.69) is 4.98 Å². The van der Waals surface area contributed by atoms with Crippen LogP contribution in [0, 0.1) is 0 Å². The predicted molar refractivity (Wildman–Crippen MR) is 91.5 cm³/mol. The molecule has 2 heterocycles. The zero-order chi connectivity index (χ0) is 19.1. The fourth-order valence-corrected chi connectivity index (χ4v) is 3.07. The SMILES string of the molecule is Nc1cc[n+]([C@@H]2CS[C@H](CO)O2)c(=O)[nH]1.O=C([O-])[C@H](O)c1ccccc1. The van der Waals surface area contributed by atoms with Crippen LogP contribution in [0.5, 0.6) is 0 Å². The van der Waals surface area contributed by atoms with Crippen LogP contribution in [0.3, 0.4) is 0 Å². The number of benzene rings is 1. The highest BCUT2D eigenvalue weighted by molar-refractivity contribution is 8.00. The van der Waals surface area contributed by atoms with E-state index in [0.717, 1.165) is 0 Å². The van der Waals surface area contributed by atoms with Gasteiger partial charge < -0.3 is 30.6 Å². The first-order valence-electron chi connectivity index (χ1n) is 7.64. The molecule has 1 aliphatic rings. The van der Waals surface area contributed by atoms with Gasteiger partial charge in [0.2, 0.25) is 6.23 Å². The number of aliphatic hydroxyl groups excluding tert-OH is 2. The first kappa shape index (κ1) is 19.9. The van der Waals surface area contributed by atoms with Crippen LogP contribution in [0.15, 0.2) is 47.4 Å². The van der Waals surface area contributed by atoms with Crippen LogP contribution in [0.4, 0.5) is 5.82 Å². The number of nitrogens with one attached hydrogen (secondary N) is 1. The smallest absolute Gasteiger partial charge is 0.499 e. The van der Waals surface area contributed by atoms with Gasteiger partial charge in [-0.3, -0.25) is 0 Å². The van der Waals surface area contributed by atoms with E-state index in [0.29, 0.717) is 17.1 Å². The second-order valence-electron chi connectivity index (χ2n) is 5.28. The maximum Gasteiger partial charge on any atom is 0.499 e. The van der Waals surface area contributed by atoms with Gasteiger partial charge in [-0.25, -0.2) is 0 Å². The molecule has 3 rings (SSSR count). The number of carboxylic acid groups (broad SMARTS) is 1. The molecule has 1 saturated heterocycles. The molecule has 1 aromatic heterocycles. The van der Waals surface area contributed by atoms with Gasteiger partial charge in [0.15, 0.2) is 5.82 Å². The molecule has 5 N–H and O–H groups in total. The van der Waals surface area contributed by atoms with Gasteiger partial charge in [-0.05, 0) is 5.56 Å². The van der Waals surface area contributed by atoms with Crippen molar-refractivity contribution < 1.29 is 29.4 Å². The Morgan fingerprint density at radius 3 is 2.65 bits per heavy atom. The van der Waals surface area contributed by atoms with Crippen molar-refractivity contribution >= 4 is 23.5 Å². The Morgan fingerprint density at radius 1 is 1.42 bits per heavy atom. The van der Waals surface area contributed by atoms with Crippen molar-refractivity contribution in [2.75, 3.05) is 18.1 Å². The molecule has 0 spiro atoms. The number of ether oxygens (including phenoxy) is 1. The van der Waals surface area contributed by atoms with E-state index < -0.39 is 12.1 Å². The summed E-state index contributed by atoms with van der Waals surface area (Å²) in [6.07, 6.45) is -0.271. The molecule has 0 amide bonds. The summed E-state index contributed by atoms with van der Waals surface area (Å²) in [6.45, 7) is -0.0470. The van der Waals surface area contributed by atoms with Crippen molar-refractivity contribution in [3.8, 4) is 0 Å². The average Bonchev–Trinajstić information content (AvgIpc) is 3.11. The van der Waals surface area contributed by atoms with Crippen LogP contribution in [-0.4, -0.2) is 39.0 Å². The van der Waals surface area contributed by atoms with Gasteiger partial charge in [0.05, 0.1) is 18.3 Å². The number of carboxylic acids is 1. The number of nitrogens with zero attached hydrogens (tertiary/aromatic N) is 1. The molecule has 0 radical (unpaired) electrons. The van der Waals surface area contributed by atoms with Crippen molar-refractivity contribution in [1.29, 1.82) is 0 Å². The van der Waals surface area contributed by atoms with E-state index in [9.17, 15) is 14.7 Å². The highest BCUT2D eigenvalue weighted by atomic mass is 32.2. The molecule has 140 valence electrons. The fourth-order valence-electron chi connectivity index (χ4n) is 2.14. The first-order valence-corrected chi connectivity index (χ1v) is 8.69. The molecule has 0 saturated carbocycles. The minimum atomic E-state index is -1.52. The molecule has 1 fully saturated rings. The Morgan fingerprint density at radius 2 is 2.12 bits per heavy atom. The summed E-state index contributed by atoms with van der Waals surface area (Å²) in [5, 5.41) is 28.0. The van der Waals surface area contributed by atoms with Crippen LogP contribution in [0.25, 0.3) is 0 Å². The monoisotopic (exact) mass is 381 g/mol. The Labute approximate surface area is 153 Å². The van der Waals surface area contributed by atoms with Crippen molar-refractivity contribution in [2.45, 2.75) is 17.8 Å². The highest BCUT2D eigenvalue weighted by Gasteiger charge is 2.31. The summed E-state index contributed by atoms with van der Waals surface area (Å²) in [4.78, 5) is 24.1. The van der Waals surface area contributed by atoms with E-state index >= 15 is 0 Å². The first-order chi connectivity index (χ1) is 12.4. The molecular weight excluding hydrogens is 362 g/mol. The Balaban J connectivity index is 0.000000197. The quantitative estimate of drug-likeness (QED) is 0.457. The Hall–Kier alpha value is -2.40. The van der Waals surface area contributed by atoms with E-state index in [1.807, 2.05) is 0 Å². The number of aromatic amines is 1. The number of aliphatic hydroxyl groups is 2. The number of rotatable bonds is 4. The maximum absolute atomic E-state index is 11.5. The molecule has 3 atom stereocenters. The van der Waals surface area contributed by atoms with Crippen LogP contribution in [0.2, 0.25) is 0 Å². The minimum absolute atomic E-state index is 0.0470. The molecule has 0 bridgehead atoms. The van der Waals surface area contributed by atoms with Crippen molar-refractivity contribution in [1.82, 2.24) is 4.98 Å². The molecule has 0 aliphatic carbocycles. The second kappa shape index (κ2) is 9.34. The third kappa shape index (κ3) is 5.30. The molecule has 10 heteroatoms. The number of hydrogen-bond donors (Lipinski definition) is 4. The summed E-state index contributed by atoms with van der Waals surface area (Å²) >= 11 is 1.48. The standard InChI is InChI=1S/C8H11N3O3S.C8H8O3/c9-5-1-2-11(8(13)10-5)6-4-15-7(3-12)14-6;9-7(8(10)11)6-4-2-1-3-5-6/h1-2,6-7,12H,3-4H2,(H2,9,10,13);1-5,7,9H,(H,10,11)/t6-,7+;7-/m01/s1. The third-order valence-corrected chi connectivity index (χ3v) is 4.54. The largest absolute Gasteiger partial charge is 0.547 e. The zero-order valence-corrected chi connectivity index (χ0v) is 14.5. The van der Waals surface area contributed by atoms with Crippen LogP contribution in [0.1, 0.15) is 17.9 Å². The number of carbonyl (C=O) groups excluding carboxylic acids is 1. The minimum Gasteiger partial charge on any atom is -0.547 e. The summed E-state index contributed by atoms with van der Waals surface area (Å²) in [6, 6.07) is 9.71. The lowest BCUT2D eigenvalue weighted by Crippen LogP contribution is -2.55. The Kier molecular flexibility index (Phi) is 7.16. The van der Waals surface area contributed by atoms with Gasteiger partial charge in [-0.15, -0.1) is 11.8 Å². The molecule has 0 unspecified atom stereocenters. The number of thioether (sulfide) groups is 1. The summed E-state index contributed by atoms with van der Waals surface area (Å²) in [5.74, 6) is -0.514. The number of hydrogen-bond acceptors (Lipinski definition) is 8. The van der Waals surface area contributed by atoms with Gasteiger partial charge in [0.25, 0.3) is 0 Å². The summed E-state index contributed by atoms with van der Waals surface area (Å²) < 4.78 is 6.86. The average molecular weight is 381 g/mol. The van der Waals surface area contributed by atoms with E-state index in [-0.39, 0.29) is 24.0 Å². The molecule has 9 nitrogen and oxygen atoms in total. The number of aliphatic carboxylic acids is 1. The number of aromatic nitrogens is 2. The predicted octanol–water partition coefficient (Wildman–Crippen LogP) is -1.71. The lowest BCUT2D eigenvalue weighted by molar-refractivity contribution is -0.770. The molecule has 1 aliphatic heterocycles. The maximum atomic E-state index is 11.5. The number of nitrogen functional groups attached to an aromatic ring is 1. The van der Waals surface area contributed by atoms with Crippen LogP contribution in [-0.2, 0) is 9.53 Å². The number of anilines is 1. The van der Waals surface area contributed by atoms with Crippen LogP contribution < -0.4 is 21.1 Å². The van der Waals surface area contributed by atoms with Crippen LogP contribution >= 0.6 is 11.8 Å². The number of nitrogens with two attached hydrogens (primary N) is 1. The number of H-pyrrole nitrogens is 1. The molecule has 26 heavy (non-hydrogen) atoms. The lowest BCUT2D eigenvalue weighted by atomic mass is 10.1. The molecular formula is C16H19N3O6S. The van der Waals surface area contributed by atoms with E-state index in [1.165, 1.54) is 28.5 Å². The molecule has 2 aromatic rings. The van der Waals surface area contributed by atoms with Crippen molar-refractivity contribution in [3.05, 3.63) is 58.6 Å². The van der Waals surface area contributed by atoms with Crippen molar-refractivity contribution in [3.63, 3.8) is 0 Å². The van der Waals surface area contributed by atoms with Gasteiger partial charge in [-0.2, -0.15) is 14.3 Å². The van der Waals surface area contributed by atoms with Gasteiger partial charge in [0.1, 0.15) is 17.7 Å². The summed E-state index contributed by atoms with van der Waals surface area (Å²) in [7, 11) is 0. The topological polar surface area (TPSA) is 153 Å². The van der Waals surface area contributed by atoms with Crippen molar-refractivity contribution in [2.24, 2.45) is 0 Å². The van der Waals surface area contributed by atoms with E-state index in [4.69, 9.17) is 20.7 Å². The normalized spacial score (nSPS) is 20.1. The third-order valence-electron chi connectivity index (χ3n) is 3.43. The number of carbonyl (C=O) groups is 1. The van der Waals surface area contributed by atoms with Gasteiger partial charge >= 0.3 is 5.69 Å². The lowest BCUT2D eigenvalue weighted by Gasteiger charge is -2.10. The molecule has 1 aromatic carbocycles. The fraction of sp³-hybridized carbons (Fsp3) is 0.312. The Bertz CT molecular complexity index is 785. The second-order valence-corrected chi connectivity index (χ2v) is 6.47. The van der Waals surface area contributed by atoms with Gasteiger partial charge in [0, 0.05) is 6.07 Å². The summed E-state index contributed by atoms with van der Waals surface area (Å²) in [5.41, 5.74) is 5.21. The zero-order valence-electron chi connectivity index (χ0n) is 13.6. The highest BCUT2D eigenvalue weighted by Crippen LogP contribution is 2.27. The van der Waals surface area contributed by atoms with Gasteiger partial charge in [-0.1, -0.05) is 30.3 Å².